The topological polar surface area (TPSA) is 81.0 Å². The lowest BCUT2D eigenvalue weighted by molar-refractivity contribution is -0.418. The average molecular weight is 269 g/mol. The van der Waals surface area contributed by atoms with Gasteiger partial charge in [0.1, 0.15) is 5.82 Å². The van der Waals surface area contributed by atoms with Crippen molar-refractivity contribution in [3.63, 3.8) is 0 Å². The van der Waals surface area contributed by atoms with Gasteiger partial charge in [-0.25, -0.2) is 9.97 Å². The lowest BCUT2D eigenvalue weighted by Gasteiger charge is -2.10. The number of hydrogen-bond acceptors (Lipinski definition) is 5. The Hall–Kier alpha value is -1.95. The molecule has 6 nitrogen and oxygen atoms in total. The van der Waals surface area contributed by atoms with Crippen LogP contribution in [0.5, 0.6) is 0 Å². The van der Waals surface area contributed by atoms with E-state index in [-0.39, 0.29) is 11.0 Å². The molecule has 0 aliphatic carbocycles. The van der Waals surface area contributed by atoms with Crippen molar-refractivity contribution in [3.05, 3.63) is 51.2 Å². The van der Waals surface area contributed by atoms with Gasteiger partial charge in [0, 0.05) is 23.5 Å². The minimum absolute atomic E-state index is 0.117. The summed E-state index contributed by atoms with van der Waals surface area (Å²) in [7, 11) is 0. The van der Waals surface area contributed by atoms with Crippen LogP contribution in [0.3, 0.4) is 0 Å². The minimum Gasteiger partial charge on any atom is -0.343 e. The Balaban J connectivity index is 2.96. The maximum Gasteiger partial charge on any atom is 0.264 e. The molecule has 1 aromatic rings. The first kappa shape index (κ1) is 14.1. The van der Waals surface area contributed by atoms with E-state index in [2.05, 4.69) is 21.9 Å². The minimum atomic E-state index is -0.544. The molecule has 0 radical (unpaired) electrons. The summed E-state index contributed by atoms with van der Waals surface area (Å²) in [4.78, 5) is 17.8. The Labute approximate surface area is 110 Å². The van der Waals surface area contributed by atoms with Crippen molar-refractivity contribution in [3.8, 4) is 0 Å². The van der Waals surface area contributed by atoms with Crippen LogP contribution in [0.15, 0.2) is 30.2 Å². The van der Waals surface area contributed by atoms with Crippen LogP contribution in [0.1, 0.15) is 18.9 Å². The summed E-state index contributed by atoms with van der Waals surface area (Å²) in [6, 6.07) is 0. The molecule has 7 heteroatoms. The number of rotatable bonds is 5. The van der Waals surface area contributed by atoms with E-state index in [0.29, 0.717) is 17.9 Å². The van der Waals surface area contributed by atoms with Gasteiger partial charge in [0.2, 0.25) is 5.28 Å². The number of nitrogens with zero attached hydrogens (tertiary/aromatic N) is 3. The number of allylic oxidation sites excluding steroid dienone is 2. The Morgan fingerprint density at radius 2 is 2.39 bits per heavy atom. The van der Waals surface area contributed by atoms with Crippen molar-refractivity contribution < 1.29 is 4.92 Å². The van der Waals surface area contributed by atoms with Gasteiger partial charge in [-0.05, 0) is 31.5 Å². The summed E-state index contributed by atoms with van der Waals surface area (Å²) in [6.07, 6.45) is 3.52. The lowest BCUT2D eigenvalue weighted by atomic mass is 10.2. The van der Waals surface area contributed by atoms with Gasteiger partial charge in [-0.2, -0.15) is 0 Å². The van der Waals surface area contributed by atoms with Crippen molar-refractivity contribution in [2.75, 3.05) is 5.32 Å². The highest BCUT2D eigenvalue weighted by Crippen LogP contribution is 2.16. The first-order chi connectivity index (χ1) is 8.43. The summed E-state index contributed by atoms with van der Waals surface area (Å²) in [5.74, 6) is 0.527. The predicted octanol–water partition coefficient (Wildman–Crippen LogP) is 2.93. The van der Waals surface area contributed by atoms with E-state index in [4.69, 9.17) is 11.6 Å². The smallest absolute Gasteiger partial charge is 0.264 e. The molecular formula is C11H13ClN4O2. The van der Waals surface area contributed by atoms with Gasteiger partial charge >= 0.3 is 0 Å². The normalized spacial score (nSPS) is 11.2. The molecule has 1 aromatic heterocycles. The van der Waals surface area contributed by atoms with Gasteiger partial charge in [-0.1, -0.05) is 6.92 Å². The van der Waals surface area contributed by atoms with Gasteiger partial charge in [0.05, 0.1) is 4.92 Å². The fourth-order valence-electron chi connectivity index (χ4n) is 1.18. The van der Waals surface area contributed by atoms with E-state index in [1.807, 2.05) is 13.8 Å². The van der Waals surface area contributed by atoms with Crippen molar-refractivity contribution in [2.45, 2.75) is 20.3 Å². The molecular weight excluding hydrogens is 256 g/mol. The van der Waals surface area contributed by atoms with Crippen LogP contribution >= 0.6 is 11.6 Å². The van der Waals surface area contributed by atoms with Crippen LogP contribution in [0.4, 0.5) is 5.82 Å². The van der Waals surface area contributed by atoms with Crippen LogP contribution in [0.25, 0.3) is 0 Å². The quantitative estimate of drug-likeness (QED) is 0.384. The third kappa shape index (κ3) is 3.81. The van der Waals surface area contributed by atoms with Crippen LogP contribution in [-0.4, -0.2) is 14.9 Å². The molecule has 18 heavy (non-hydrogen) atoms. The summed E-state index contributed by atoms with van der Waals surface area (Å²) < 4.78 is 0. The molecule has 1 heterocycles. The molecule has 0 spiro atoms. The second-order valence-corrected chi connectivity index (χ2v) is 3.91. The summed E-state index contributed by atoms with van der Waals surface area (Å²) >= 11 is 5.69. The second kappa shape index (κ2) is 6.11. The van der Waals surface area contributed by atoms with Gasteiger partial charge in [0.25, 0.3) is 5.70 Å². The fourth-order valence-corrected chi connectivity index (χ4v) is 1.31. The molecule has 0 aromatic carbocycles. The molecule has 96 valence electrons. The van der Waals surface area contributed by atoms with Crippen LogP contribution in [0.2, 0.25) is 5.28 Å². The van der Waals surface area contributed by atoms with E-state index in [9.17, 15) is 10.1 Å². The van der Waals surface area contributed by atoms with Crippen molar-refractivity contribution >= 4 is 17.4 Å². The predicted molar refractivity (Wildman–Crippen MR) is 69.9 cm³/mol. The SMILES string of the molecule is C=C(/C=C(\CC)Nc1nc(Cl)ncc1C)[N+](=O)[O-]. The van der Waals surface area contributed by atoms with Gasteiger partial charge in [0.15, 0.2) is 0 Å². The van der Waals surface area contributed by atoms with Gasteiger partial charge < -0.3 is 5.32 Å². The molecule has 0 amide bonds. The zero-order valence-corrected chi connectivity index (χ0v) is 10.9. The monoisotopic (exact) mass is 268 g/mol. The molecule has 0 saturated carbocycles. The summed E-state index contributed by atoms with van der Waals surface area (Å²) in [5, 5.41) is 13.6. The first-order valence-electron chi connectivity index (χ1n) is 5.24. The Morgan fingerprint density at radius 1 is 1.72 bits per heavy atom. The lowest BCUT2D eigenvalue weighted by Crippen LogP contribution is -2.05. The second-order valence-electron chi connectivity index (χ2n) is 3.57. The van der Waals surface area contributed by atoms with Crippen LogP contribution < -0.4 is 5.32 Å². The molecule has 0 saturated heterocycles. The maximum absolute atomic E-state index is 10.5. The number of anilines is 1. The third-order valence-corrected chi connectivity index (χ3v) is 2.36. The van der Waals surface area contributed by atoms with E-state index in [1.54, 1.807) is 6.20 Å². The standard InChI is InChI=1S/C11H13ClN4O2/c1-4-9(5-8(3)16(17)18)14-10-7(2)6-13-11(12)15-10/h5-6H,3-4H2,1-2H3,(H,13,14,15)/b9-5+. The zero-order chi connectivity index (χ0) is 13.7. The zero-order valence-electron chi connectivity index (χ0n) is 10.1. The summed E-state index contributed by atoms with van der Waals surface area (Å²) in [6.45, 7) is 7.03. The maximum atomic E-state index is 10.5. The number of aromatic nitrogens is 2. The van der Waals surface area contributed by atoms with Crippen molar-refractivity contribution in [2.24, 2.45) is 0 Å². The van der Waals surface area contributed by atoms with E-state index in [0.717, 1.165) is 5.56 Å². The van der Waals surface area contributed by atoms with E-state index >= 15 is 0 Å². The first-order valence-corrected chi connectivity index (χ1v) is 5.61. The Morgan fingerprint density at radius 3 is 2.94 bits per heavy atom. The molecule has 0 atom stereocenters. The van der Waals surface area contributed by atoms with Crippen LogP contribution in [-0.2, 0) is 0 Å². The Bertz CT molecular complexity index is 514. The van der Waals surface area contributed by atoms with E-state index < -0.39 is 4.92 Å². The van der Waals surface area contributed by atoms with Gasteiger partial charge in [-0.3, -0.25) is 10.1 Å². The molecule has 1 N–H and O–H groups in total. The largest absolute Gasteiger partial charge is 0.343 e. The van der Waals surface area contributed by atoms with Crippen molar-refractivity contribution in [1.29, 1.82) is 0 Å². The fraction of sp³-hybridized carbons (Fsp3) is 0.273. The number of halogens is 1. The highest BCUT2D eigenvalue weighted by molar-refractivity contribution is 6.28. The average Bonchev–Trinajstić information content (AvgIpc) is 2.32. The molecule has 0 unspecified atom stereocenters. The number of nitro groups is 1. The molecule has 0 bridgehead atoms. The molecule has 0 aliphatic heterocycles. The molecule has 0 fully saturated rings. The third-order valence-electron chi connectivity index (χ3n) is 2.18. The number of hydrogen-bond donors (Lipinski definition) is 1. The summed E-state index contributed by atoms with van der Waals surface area (Å²) in [5.41, 5.74) is 1.25. The Kier molecular flexibility index (Phi) is 4.79. The van der Waals surface area contributed by atoms with E-state index in [1.165, 1.54) is 6.08 Å². The van der Waals surface area contributed by atoms with Crippen LogP contribution in [0, 0.1) is 17.0 Å². The molecule has 1 rings (SSSR count). The number of aryl methyl sites for hydroxylation is 1. The molecule has 0 aliphatic rings. The van der Waals surface area contributed by atoms with Gasteiger partial charge in [-0.15, -0.1) is 0 Å². The highest BCUT2D eigenvalue weighted by atomic mass is 35.5. The number of nitrogens with one attached hydrogen (secondary N) is 1. The highest BCUT2D eigenvalue weighted by Gasteiger charge is 2.07. The van der Waals surface area contributed by atoms with Crippen molar-refractivity contribution in [1.82, 2.24) is 9.97 Å².